The molecule has 21 heavy (non-hydrogen) atoms. The number of methoxy groups -OCH3 is 2. The summed E-state index contributed by atoms with van der Waals surface area (Å²) in [5, 5.41) is 3.68. The lowest BCUT2D eigenvalue weighted by Crippen LogP contribution is -2.26. The molecule has 0 aliphatic rings. The predicted molar refractivity (Wildman–Crippen MR) is 89.2 cm³/mol. The highest BCUT2D eigenvalue weighted by atomic mass is 16.5. The fourth-order valence-corrected chi connectivity index (χ4v) is 2.80. The van der Waals surface area contributed by atoms with Crippen molar-refractivity contribution in [3.63, 3.8) is 0 Å². The monoisotopic (exact) mass is 293 g/mol. The van der Waals surface area contributed by atoms with Gasteiger partial charge >= 0.3 is 0 Å². The van der Waals surface area contributed by atoms with Gasteiger partial charge in [-0.2, -0.15) is 0 Å². The Morgan fingerprint density at radius 3 is 2.43 bits per heavy atom. The van der Waals surface area contributed by atoms with Gasteiger partial charge in [0.05, 0.1) is 7.11 Å². The summed E-state index contributed by atoms with van der Waals surface area (Å²) in [4.78, 5) is 0. The molecule has 1 aromatic carbocycles. The standard InChI is InChI=1S/C18H31NO2/c1-7-8-19-17(9-13(2)12-20-5)16-10-15(4)18(21-6)11-14(16)3/h10-11,13,17,19H,7-9,12H2,1-6H3. The number of rotatable bonds is 9. The first-order valence-corrected chi connectivity index (χ1v) is 7.90. The van der Waals surface area contributed by atoms with E-state index in [4.69, 9.17) is 9.47 Å². The highest BCUT2D eigenvalue weighted by Gasteiger charge is 2.18. The molecular weight excluding hydrogens is 262 g/mol. The van der Waals surface area contributed by atoms with Crippen molar-refractivity contribution in [2.45, 2.75) is 46.6 Å². The van der Waals surface area contributed by atoms with E-state index in [1.807, 2.05) is 0 Å². The highest BCUT2D eigenvalue weighted by Crippen LogP contribution is 2.30. The maximum atomic E-state index is 5.42. The van der Waals surface area contributed by atoms with Crippen molar-refractivity contribution in [3.05, 3.63) is 28.8 Å². The van der Waals surface area contributed by atoms with Crippen LogP contribution in [0.4, 0.5) is 0 Å². The molecule has 0 radical (unpaired) electrons. The van der Waals surface area contributed by atoms with Gasteiger partial charge in [0.1, 0.15) is 5.75 Å². The SMILES string of the molecule is CCCNC(CC(C)COC)c1cc(C)c(OC)cc1C. The Labute approximate surface area is 130 Å². The van der Waals surface area contributed by atoms with Gasteiger partial charge in [-0.1, -0.05) is 19.9 Å². The van der Waals surface area contributed by atoms with Crippen LogP contribution in [0.3, 0.4) is 0 Å². The lowest BCUT2D eigenvalue weighted by atomic mass is 9.91. The number of benzene rings is 1. The molecule has 0 saturated heterocycles. The molecule has 0 bridgehead atoms. The molecule has 120 valence electrons. The molecule has 0 aliphatic heterocycles. The molecule has 0 amide bonds. The van der Waals surface area contributed by atoms with Gasteiger partial charge in [0.15, 0.2) is 0 Å². The van der Waals surface area contributed by atoms with Crippen molar-refractivity contribution in [2.24, 2.45) is 5.92 Å². The summed E-state index contributed by atoms with van der Waals surface area (Å²) in [6, 6.07) is 4.78. The van der Waals surface area contributed by atoms with Gasteiger partial charge in [0, 0.05) is 19.8 Å². The first-order valence-electron chi connectivity index (χ1n) is 7.90. The van der Waals surface area contributed by atoms with Crippen LogP contribution in [0.5, 0.6) is 5.75 Å². The molecule has 0 aromatic heterocycles. The normalized spacial score (nSPS) is 14.0. The van der Waals surface area contributed by atoms with E-state index in [1.165, 1.54) is 16.7 Å². The summed E-state index contributed by atoms with van der Waals surface area (Å²) in [6.07, 6.45) is 2.23. The van der Waals surface area contributed by atoms with Crippen LogP contribution in [0, 0.1) is 19.8 Å². The fraction of sp³-hybridized carbons (Fsp3) is 0.667. The first kappa shape index (κ1) is 18.0. The molecule has 1 rings (SSSR count). The topological polar surface area (TPSA) is 30.5 Å². The van der Waals surface area contributed by atoms with E-state index in [1.54, 1.807) is 14.2 Å². The third-order valence-corrected chi connectivity index (χ3v) is 3.89. The summed E-state index contributed by atoms with van der Waals surface area (Å²) in [5.74, 6) is 1.50. The van der Waals surface area contributed by atoms with E-state index in [0.29, 0.717) is 12.0 Å². The molecule has 0 heterocycles. The lowest BCUT2D eigenvalue weighted by Gasteiger charge is -2.25. The van der Waals surface area contributed by atoms with Crippen molar-refractivity contribution in [2.75, 3.05) is 27.4 Å². The number of aryl methyl sites for hydroxylation is 2. The molecular formula is C18H31NO2. The zero-order valence-electron chi connectivity index (χ0n) is 14.5. The van der Waals surface area contributed by atoms with Crippen LogP contribution in [0.2, 0.25) is 0 Å². The first-order chi connectivity index (χ1) is 10.0. The van der Waals surface area contributed by atoms with Gasteiger partial charge in [0.25, 0.3) is 0 Å². The average molecular weight is 293 g/mol. The lowest BCUT2D eigenvalue weighted by molar-refractivity contribution is 0.149. The molecule has 0 fully saturated rings. The summed E-state index contributed by atoms with van der Waals surface area (Å²) < 4.78 is 10.7. The van der Waals surface area contributed by atoms with E-state index in [0.717, 1.165) is 31.7 Å². The smallest absolute Gasteiger partial charge is 0.122 e. The van der Waals surface area contributed by atoms with Gasteiger partial charge in [-0.15, -0.1) is 0 Å². The maximum absolute atomic E-state index is 5.42. The number of nitrogens with one attached hydrogen (secondary N) is 1. The Morgan fingerprint density at radius 1 is 1.14 bits per heavy atom. The van der Waals surface area contributed by atoms with E-state index in [2.05, 4.69) is 45.1 Å². The Kier molecular flexibility index (Phi) is 7.76. The van der Waals surface area contributed by atoms with Crippen molar-refractivity contribution >= 4 is 0 Å². The minimum atomic E-state index is 0.375. The fourth-order valence-electron chi connectivity index (χ4n) is 2.80. The summed E-state index contributed by atoms with van der Waals surface area (Å²) >= 11 is 0. The zero-order chi connectivity index (χ0) is 15.8. The molecule has 1 N–H and O–H groups in total. The minimum absolute atomic E-state index is 0.375. The molecule has 3 heteroatoms. The average Bonchev–Trinajstić information content (AvgIpc) is 2.45. The maximum Gasteiger partial charge on any atom is 0.122 e. The van der Waals surface area contributed by atoms with Gasteiger partial charge in [-0.05, 0) is 61.9 Å². The summed E-state index contributed by atoms with van der Waals surface area (Å²) in [6.45, 7) is 10.6. The van der Waals surface area contributed by atoms with Gasteiger partial charge in [0.2, 0.25) is 0 Å². The van der Waals surface area contributed by atoms with Crippen molar-refractivity contribution in [1.29, 1.82) is 0 Å². The van der Waals surface area contributed by atoms with E-state index in [-0.39, 0.29) is 0 Å². The third kappa shape index (κ3) is 5.33. The van der Waals surface area contributed by atoms with Crippen molar-refractivity contribution in [3.8, 4) is 5.75 Å². The third-order valence-electron chi connectivity index (χ3n) is 3.89. The Bertz CT molecular complexity index is 431. The second-order valence-corrected chi connectivity index (χ2v) is 5.98. The highest BCUT2D eigenvalue weighted by molar-refractivity contribution is 5.42. The minimum Gasteiger partial charge on any atom is -0.496 e. The second-order valence-electron chi connectivity index (χ2n) is 5.98. The van der Waals surface area contributed by atoms with E-state index >= 15 is 0 Å². The Balaban J connectivity index is 2.98. The number of hydrogen-bond acceptors (Lipinski definition) is 3. The number of ether oxygens (including phenoxy) is 2. The summed E-state index contributed by atoms with van der Waals surface area (Å²) in [7, 11) is 3.50. The van der Waals surface area contributed by atoms with Crippen LogP contribution in [0.15, 0.2) is 12.1 Å². The number of hydrogen-bond donors (Lipinski definition) is 1. The van der Waals surface area contributed by atoms with Gasteiger partial charge in [-0.3, -0.25) is 0 Å². The van der Waals surface area contributed by atoms with Crippen LogP contribution < -0.4 is 10.1 Å². The summed E-state index contributed by atoms with van der Waals surface area (Å²) in [5.41, 5.74) is 3.86. The molecule has 0 aliphatic carbocycles. The van der Waals surface area contributed by atoms with Crippen LogP contribution in [0.25, 0.3) is 0 Å². The van der Waals surface area contributed by atoms with E-state index < -0.39 is 0 Å². The van der Waals surface area contributed by atoms with Gasteiger partial charge < -0.3 is 14.8 Å². The van der Waals surface area contributed by atoms with Crippen LogP contribution in [-0.4, -0.2) is 27.4 Å². The zero-order valence-corrected chi connectivity index (χ0v) is 14.5. The Hall–Kier alpha value is -1.06. The molecule has 2 atom stereocenters. The van der Waals surface area contributed by atoms with E-state index in [9.17, 15) is 0 Å². The van der Waals surface area contributed by atoms with Crippen LogP contribution >= 0.6 is 0 Å². The largest absolute Gasteiger partial charge is 0.496 e. The molecule has 2 unspecified atom stereocenters. The van der Waals surface area contributed by atoms with Crippen LogP contribution in [-0.2, 0) is 4.74 Å². The van der Waals surface area contributed by atoms with Crippen molar-refractivity contribution < 1.29 is 9.47 Å². The second kappa shape index (κ2) is 9.06. The molecule has 1 aromatic rings. The predicted octanol–water partition coefficient (Wildman–Crippen LogP) is 4.03. The quantitative estimate of drug-likeness (QED) is 0.746. The molecule has 3 nitrogen and oxygen atoms in total. The van der Waals surface area contributed by atoms with Gasteiger partial charge in [-0.25, -0.2) is 0 Å². The van der Waals surface area contributed by atoms with Crippen LogP contribution in [0.1, 0.15) is 49.4 Å². The molecule has 0 spiro atoms. The Morgan fingerprint density at radius 2 is 1.86 bits per heavy atom. The van der Waals surface area contributed by atoms with Crippen molar-refractivity contribution in [1.82, 2.24) is 5.32 Å². The molecule has 0 saturated carbocycles.